The molecule has 0 unspecified atom stereocenters. The molecule has 1 aromatic carbocycles. The molecule has 0 spiro atoms. The second-order valence-corrected chi connectivity index (χ2v) is 4.67. The first-order valence-corrected chi connectivity index (χ1v) is 5.90. The molecule has 0 amide bonds. The molecule has 19 heavy (non-hydrogen) atoms. The molecule has 0 aliphatic rings. The van der Waals surface area contributed by atoms with Gasteiger partial charge in [-0.05, 0) is 18.2 Å². The van der Waals surface area contributed by atoms with Gasteiger partial charge in [-0.1, -0.05) is 11.6 Å². The fraction of sp³-hybridized carbons (Fsp3) is 0.167. The zero-order valence-corrected chi connectivity index (χ0v) is 11.0. The highest BCUT2D eigenvalue weighted by molar-refractivity contribution is 6.31. The Hall–Kier alpha value is -2.21. The van der Waals surface area contributed by atoms with E-state index in [0.717, 1.165) is 4.57 Å². The molecule has 0 fully saturated rings. The molecule has 0 atom stereocenters. The summed E-state index contributed by atoms with van der Waals surface area (Å²) < 4.78 is 2.31. The predicted molar refractivity (Wildman–Crippen MR) is 72.5 cm³/mol. The number of aromatic nitrogens is 4. The first-order chi connectivity index (χ1) is 8.99. The SMILES string of the molecule is Cn1c(=O)c2nc3cc(Cl)ccc3nc2n(C)c1=O. The van der Waals surface area contributed by atoms with Crippen molar-refractivity contribution in [2.75, 3.05) is 0 Å². The van der Waals surface area contributed by atoms with Crippen LogP contribution in [0.1, 0.15) is 0 Å². The highest BCUT2D eigenvalue weighted by Gasteiger charge is 2.12. The lowest BCUT2D eigenvalue weighted by Crippen LogP contribution is -2.37. The number of hydrogen-bond donors (Lipinski definition) is 0. The molecule has 0 aliphatic heterocycles. The van der Waals surface area contributed by atoms with Crippen LogP contribution in [0.3, 0.4) is 0 Å². The highest BCUT2D eigenvalue weighted by atomic mass is 35.5. The van der Waals surface area contributed by atoms with Crippen molar-refractivity contribution < 1.29 is 0 Å². The molecule has 0 bridgehead atoms. The minimum atomic E-state index is -0.465. The molecular weight excluding hydrogens is 268 g/mol. The first kappa shape index (κ1) is 11.9. The van der Waals surface area contributed by atoms with Gasteiger partial charge in [0.05, 0.1) is 11.0 Å². The van der Waals surface area contributed by atoms with Crippen LogP contribution in [0.5, 0.6) is 0 Å². The summed E-state index contributed by atoms with van der Waals surface area (Å²) in [6.45, 7) is 0. The Kier molecular flexibility index (Phi) is 2.43. The quantitative estimate of drug-likeness (QED) is 0.570. The number of halogens is 1. The molecule has 96 valence electrons. The minimum absolute atomic E-state index is 0.152. The van der Waals surface area contributed by atoms with Crippen LogP contribution >= 0.6 is 11.6 Å². The van der Waals surface area contributed by atoms with Crippen molar-refractivity contribution in [3.05, 3.63) is 44.1 Å². The van der Waals surface area contributed by atoms with Crippen LogP contribution in [-0.2, 0) is 14.1 Å². The summed E-state index contributed by atoms with van der Waals surface area (Å²) in [6.07, 6.45) is 0. The summed E-state index contributed by atoms with van der Waals surface area (Å²) in [7, 11) is 2.97. The van der Waals surface area contributed by atoms with Crippen LogP contribution in [-0.4, -0.2) is 19.1 Å². The Morgan fingerprint density at radius 2 is 1.79 bits per heavy atom. The van der Waals surface area contributed by atoms with Crippen molar-refractivity contribution in [1.29, 1.82) is 0 Å². The van der Waals surface area contributed by atoms with E-state index >= 15 is 0 Å². The zero-order valence-electron chi connectivity index (χ0n) is 10.2. The summed E-state index contributed by atoms with van der Waals surface area (Å²) in [4.78, 5) is 32.4. The molecule has 2 heterocycles. The van der Waals surface area contributed by atoms with Crippen molar-refractivity contribution >= 4 is 33.8 Å². The Labute approximate surface area is 111 Å². The maximum Gasteiger partial charge on any atom is 0.332 e. The van der Waals surface area contributed by atoms with Gasteiger partial charge in [0.1, 0.15) is 0 Å². The van der Waals surface area contributed by atoms with E-state index in [2.05, 4.69) is 9.97 Å². The standard InChI is InChI=1S/C12H9ClN4O2/c1-16-10-9(11(18)17(2)12(16)19)14-8-5-6(13)3-4-7(8)15-10/h3-5H,1-2H3. The van der Waals surface area contributed by atoms with Crippen molar-refractivity contribution in [2.45, 2.75) is 0 Å². The Morgan fingerprint density at radius 3 is 2.53 bits per heavy atom. The molecule has 3 rings (SSSR count). The van der Waals surface area contributed by atoms with E-state index in [9.17, 15) is 9.59 Å². The summed E-state index contributed by atoms with van der Waals surface area (Å²) in [5.41, 5.74) is 0.630. The van der Waals surface area contributed by atoms with Crippen molar-refractivity contribution in [1.82, 2.24) is 19.1 Å². The molecule has 2 aromatic heterocycles. The molecule has 0 N–H and O–H groups in total. The molecular formula is C12H9ClN4O2. The third-order valence-corrected chi connectivity index (χ3v) is 3.24. The van der Waals surface area contributed by atoms with Crippen LogP contribution in [0.25, 0.3) is 22.2 Å². The van der Waals surface area contributed by atoms with Gasteiger partial charge in [-0.2, -0.15) is 0 Å². The number of hydrogen-bond acceptors (Lipinski definition) is 4. The third kappa shape index (κ3) is 1.64. The normalized spacial score (nSPS) is 11.3. The molecule has 6 nitrogen and oxygen atoms in total. The molecule has 7 heteroatoms. The van der Waals surface area contributed by atoms with E-state index in [0.29, 0.717) is 16.1 Å². The fourth-order valence-corrected chi connectivity index (χ4v) is 2.12. The second kappa shape index (κ2) is 3.89. The third-order valence-electron chi connectivity index (χ3n) is 3.01. The van der Waals surface area contributed by atoms with Crippen LogP contribution < -0.4 is 11.2 Å². The molecule has 0 aliphatic carbocycles. The maximum absolute atomic E-state index is 12.0. The first-order valence-electron chi connectivity index (χ1n) is 5.52. The van der Waals surface area contributed by atoms with E-state index in [1.807, 2.05) is 0 Å². The summed E-state index contributed by atoms with van der Waals surface area (Å²) in [5, 5.41) is 0.516. The Morgan fingerprint density at radius 1 is 1.05 bits per heavy atom. The Balaban J connectivity index is 2.63. The van der Waals surface area contributed by atoms with E-state index in [-0.39, 0.29) is 11.2 Å². The van der Waals surface area contributed by atoms with Crippen molar-refractivity contribution in [3.63, 3.8) is 0 Å². The lowest BCUT2D eigenvalue weighted by molar-refractivity contribution is 0.706. The number of benzene rings is 1. The monoisotopic (exact) mass is 276 g/mol. The van der Waals surface area contributed by atoms with Crippen LogP contribution in [0.15, 0.2) is 27.8 Å². The van der Waals surface area contributed by atoms with Gasteiger partial charge in [0.25, 0.3) is 5.56 Å². The topological polar surface area (TPSA) is 69.8 Å². The lowest BCUT2D eigenvalue weighted by Gasteiger charge is -2.07. The van der Waals surface area contributed by atoms with Gasteiger partial charge in [0, 0.05) is 19.1 Å². The van der Waals surface area contributed by atoms with Crippen LogP contribution in [0.4, 0.5) is 0 Å². The van der Waals surface area contributed by atoms with E-state index in [1.54, 1.807) is 25.2 Å². The van der Waals surface area contributed by atoms with Gasteiger partial charge in [0.15, 0.2) is 11.2 Å². The minimum Gasteiger partial charge on any atom is -0.279 e. The average molecular weight is 277 g/mol. The summed E-state index contributed by atoms with van der Waals surface area (Å²) >= 11 is 5.89. The van der Waals surface area contributed by atoms with Crippen LogP contribution in [0.2, 0.25) is 5.02 Å². The fourth-order valence-electron chi connectivity index (χ4n) is 1.96. The van der Waals surface area contributed by atoms with Gasteiger partial charge < -0.3 is 0 Å². The smallest absolute Gasteiger partial charge is 0.279 e. The van der Waals surface area contributed by atoms with E-state index < -0.39 is 11.2 Å². The lowest BCUT2D eigenvalue weighted by atomic mass is 10.3. The van der Waals surface area contributed by atoms with E-state index in [4.69, 9.17) is 11.6 Å². The van der Waals surface area contributed by atoms with Crippen molar-refractivity contribution in [3.8, 4) is 0 Å². The number of nitrogens with zero attached hydrogens (tertiary/aromatic N) is 4. The van der Waals surface area contributed by atoms with Gasteiger partial charge in [0.2, 0.25) is 0 Å². The maximum atomic E-state index is 12.0. The van der Waals surface area contributed by atoms with Gasteiger partial charge in [-0.3, -0.25) is 13.9 Å². The van der Waals surface area contributed by atoms with E-state index in [1.165, 1.54) is 11.6 Å². The molecule has 0 saturated heterocycles. The number of aryl methyl sites for hydroxylation is 1. The summed E-state index contributed by atoms with van der Waals surface area (Å²) in [6, 6.07) is 5.02. The highest BCUT2D eigenvalue weighted by Crippen LogP contribution is 2.17. The molecule has 0 saturated carbocycles. The average Bonchev–Trinajstić information content (AvgIpc) is 2.41. The second-order valence-electron chi connectivity index (χ2n) is 4.23. The molecule has 0 radical (unpaired) electrons. The van der Waals surface area contributed by atoms with Crippen molar-refractivity contribution in [2.24, 2.45) is 14.1 Å². The number of fused-ring (bicyclic) bond motifs is 2. The number of rotatable bonds is 0. The predicted octanol–water partition coefficient (Wildman–Crippen LogP) is 0.834. The van der Waals surface area contributed by atoms with Crippen LogP contribution in [0, 0.1) is 0 Å². The Bertz CT molecular complexity index is 942. The molecule has 3 aromatic rings. The van der Waals surface area contributed by atoms with Gasteiger partial charge >= 0.3 is 5.69 Å². The van der Waals surface area contributed by atoms with Gasteiger partial charge in [-0.15, -0.1) is 0 Å². The summed E-state index contributed by atoms with van der Waals surface area (Å²) in [5.74, 6) is 0. The van der Waals surface area contributed by atoms with Gasteiger partial charge in [-0.25, -0.2) is 14.8 Å². The zero-order chi connectivity index (χ0) is 13.7. The largest absolute Gasteiger partial charge is 0.332 e.